The van der Waals surface area contributed by atoms with Gasteiger partial charge >= 0.3 is 0 Å². The Morgan fingerprint density at radius 1 is 1.24 bits per heavy atom. The second-order valence-electron chi connectivity index (χ2n) is 6.29. The van der Waals surface area contributed by atoms with Gasteiger partial charge < -0.3 is 10.6 Å². The molecule has 2 N–H and O–H groups in total. The van der Waals surface area contributed by atoms with Crippen LogP contribution in [0, 0.1) is 19.8 Å². The number of nitrogens with two attached hydrogens (primary N) is 1. The average molecular weight is 311 g/mol. The van der Waals surface area contributed by atoms with E-state index in [1.54, 1.807) is 10.4 Å². The molecule has 1 aliphatic heterocycles. The summed E-state index contributed by atoms with van der Waals surface area (Å²) in [5, 5.41) is 0. The fraction of sp³-hybridized carbons (Fsp3) is 0.600. The van der Waals surface area contributed by atoms with Gasteiger partial charge in [-0.15, -0.1) is 0 Å². The molecule has 0 spiro atoms. The summed E-state index contributed by atoms with van der Waals surface area (Å²) in [6.45, 7) is 6.91. The molecule has 118 valence electrons. The molecule has 2 unspecified atom stereocenters. The Bertz CT molecular complexity index is 641. The number of sulfonamides is 1. The summed E-state index contributed by atoms with van der Waals surface area (Å²) in [7, 11) is 0.499. The van der Waals surface area contributed by atoms with Crippen molar-refractivity contribution >= 4 is 15.7 Å². The van der Waals surface area contributed by atoms with Crippen LogP contribution in [-0.2, 0) is 10.0 Å². The minimum atomic E-state index is -3.49. The van der Waals surface area contributed by atoms with Crippen LogP contribution in [0.1, 0.15) is 18.1 Å². The van der Waals surface area contributed by atoms with E-state index in [9.17, 15) is 8.42 Å². The maximum Gasteiger partial charge on any atom is 0.243 e. The van der Waals surface area contributed by atoms with E-state index in [2.05, 4.69) is 11.8 Å². The highest BCUT2D eigenvalue weighted by atomic mass is 32.2. The summed E-state index contributed by atoms with van der Waals surface area (Å²) in [6.07, 6.45) is 0. The maximum atomic E-state index is 12.9. The van der Waals surface area contributed by atoms with Crippen LogP contribution in [0.25, 0.3) is 0 Å². The van der Waals surface area contributed by atoms with Gasteiger partial charge in [0, 0.05) is 24.8 Å². The lowest BCUT2D eigenvalue weighted by Crippen LogP contribution is -2.36. The number of rotatable bonds is 3. The Balaban J connectivity index is 2.41. The first-order valence-corrected chi connectivity index (χ1v) is 8.62. The van der Waals surface area contributed by atoms with Crippen LogP contribution in [0.4, 0.5) is 5.69 Å². The van der Waals surface area contributed by atoms with E-state index in [1.807, 2.05) is 34.0 Å². The predicted octanol–water partition coefficient (Wildman–Crippen LogP) is 1.46. The number of likely N-dealkylation sites (N-methyl/N-ethyl adjacent to an activating group) is 1. The standard InChI is InChI=1S/C15H25N3O2S/c1-10-6-13(16)7-15(12(10)3)21(19,20)18-8-11(2)14(9-18)17(4)5/h6-7,11,14H,8-9,16H2,1-5H3. The van der Waals surface area contributed by atoms with E-state index < -0.39 is 10.0 Å². The molecule has 1 aliphatic rings. The normalized spacial score (nSPS) is 23.9. The van der Waals surface area contributed by atoms with Gasteiger partial charge in [-0.25, -0.2) is 8.42 Å². The van der Waals surface area contributed by atoms with Crippen molar-refractivity contribution in [1.82, 2.24) is 9.21 Å². The first-order chi connectivity index (χ1) is 9.64. The van der Waals surface area contributed by atoms with Crippen molar-refractivity contribution in [1.29, 1.82) is 0 Å². The predicted molar refractivity (Wildman–Crippen MR) is 85.7 cm³/mol. The van der Waals surface area contributed by atoms with Gasteiger partial charge in [-0.2, -0.15) is 4.31 Å². The molecule has 0 amide bonds. The largest absolute Gasteiger partial charge is 0.399 e. The van der Waals surface area contributed by atoms with E-state index in [0.717, 1.165) is 11.1 Å². The summed E-state index contributed by atoms with van der Waals surface area (Å²) < 4.78 is 27.4. The van der Waals surface area contributed by atoms with Gasteiger partial charge in [-0.1, -0.05) is 6.92 Å². The van der Waals surface area contributed by atoms with Crippen LogP contribution in [0.2, 0.25) is 0 Å². The molecule has 1 saturated heterocycles. The zero-order chi connectivity index (χ0) is 15.9. The van der Waals surface area contributed by atoms with E-state index in [1.165, 1.54) is 0 Å². The lowest BCUT2D eigenvalue weighted by atomic mass is 10.1. The molecule has 0 saturated carbocycles. The quantitative estimate of drug-likeness (QED) is 0.858. The van der Waals surface area contributed by atoms with Gasteiger partial charge in [0.1, 0.15) is 0 Å². The first-order valence-electron chi connectivity index (χ1n) is 7.18. The van der Waals surface area contributed by atoms with Gasteiger partial charge in [0.2, 0.25) is 10.0 Å². The Morgan fingerprint density at radius 2 is 1.86 bits per heavy atom. The molecule has 0 aliphatic carbocycles. The summed E-state index contributed by atoms with van der Waals surface area (Å²) in [4.78, 5) is 2.43. The second-order valence-corrected chi connectivity index (χ2v) is 8.20. The highest BCUT2D eigenvalue weighted by Gasteiger charge is 2.38. The zero-order valence-electron chi connectivity index (χ0n) is 13.4. The Kier molecular flexibility index (Phi) is 4.33. The van der Waals surface area contributed by atoms with Crippen LogP contribution >= 0.6 is 0 Å². The molecule has 1 aromatic carbocycles. The lowest BCUT2D eigenvalue weighted by Gasteiger charge is -2.23. The molecule has 1 fully saturated rings. The summed E-state index contributed by atoms with van der Waals surface area (Å²) in [5.74, 6) is 0.317. The second kappa shape index (κ2) is 5.59. The van der Waals surface area contributed by atoms with E-state index in [4.69, 9.17) is 5.73 Å². The summed E-state index contributed by atoms with van der Waals surface area (Å²) in [5.41, 5.74) is 8.02. The molecule has 5 nitrogen and oxygen atoms in total. The molecule has 0 radical (unpaired) electrons. The summed E-state index contributed by atoms with van der Waals surface area (Å²) >= 11 is 0. The van der Waals surface area contributed by atoms with Gasteiger partial charge in [0.15, 0.2) is 0 Å². The molecule has 6 heteroatoms. The monoisotopic (exact) mass is 311 g/mol. The van der Waals surface area contributed by atoms with Crippen molar-refractivity contribution in [3.8, 4) is 0 Å². The molecule has 2 atom stereocenters. The van der Waals surface area contributed by atoms with Gasteiger partial charge in [-0.05, 0) is 57.1 Å². The number of nitrogens with zero attached hydrogens (tertiary/aromatic N) is 2. The van der Waals surface area contributed by atoms with E-state index in [-0.39, 0.29) is 6.04 Å². The van der Waals surface area contributed by atoms with Crippen LogP contribution in [0.3, 0.4) is 0 Å². The first kappa shape index (κ1) is 16.3. The average Bonchev–Trinajstić information content (AvgIpc) is 2.76. The molecule has 1 aromatic rings. The van der Waals surface area contributed by atoms with Crippen LogP contribution in [0.5, 0.6) is 0 Å². The minimum Gasteiger partial charge on any atom is -0.399 e. The smallest absolute Gasteiger partial charge is 0.243 e. The third kappa shape index (κ3) is 2.93. The fourth-order valence-electron chi connectivity index (χ4n) is 3.04. The van der Waals surface area contributed by atoms with Crippen molar-refractivity contribution < 1.29 is 8.42 Å². The number of aryl methyl sites for hydroxylation is 1. The van der Waals surface area contributed by atoms with Crippen LogP contribution in [0.15, 0.2) is 17.0 Å². The number of benzene rings is 1. The Labute approximate surface area is 127 Å². The third-order valence-corrected chi connectivity index (χ3v) is 6.42. The molecule has 21 heavy (non-hydrogen) atoms. The van der Waals surface area contributed by atoms with Crippen molar-refractivity contribution in [2.45, 2.75) is 31.7 Å². The molecular formula is C15H25N3O2S. The molecule has 1 heterocycles. The highest BCUT2D eigenvalue weighted by Crippen LogP contribution is 2.30. The van der Waals surface area contributed by atoms with Crippen molar-refractivity contribution in [3.05, 3.63) is 23.3 Å². The highest BCUT2D eigenvalue weighted by molar-refractivity contribution is 7.89. The third-order valence-electron chi connectivity index (χ3n) is 4.46. The van der Waals surface area contributed by atoms with Gasteiger partial charge in [-0.3, -0.25) is 0 Å². The minimum absolute atomic E-state index is 0.252. The van der Waals surface area contributed by atoms with Crippen molar-refractivity contribution in [2.75, 3.05) is 32.9 Å². The van der Waals surface area contributed by atoms with E-state index in [0.29, 0.717) is 29.6 Å². The number of hydrogen-bond acceptors (Lipinski definition) is 4. The lowest BCUT2D eigenvalue weighted by molar-refractivity contribution is 0.263. The summed E-state index contributed by atoms with van der Waals surface area (Å²) in [6, 6.07) is 3.64. The molecular weight excluding hydrogens is 286 g/mol. The zero-order valence-corrected chi connectivity index (χ0v) is 14.2. The Hall–Kier alpha value is -1.11. The van der Waals surface area contributed by atoms with Crippen LogP contribution < -0.4 is 5.73 Å². The fourth-order valence-corrected chi connectivity index (χ4v) is 4.93. The number of nitrogen functional groups attached to an aromatic ring is 1. The van der Waals surface area contributed by atoms with E-state index >= 15 is 0 Å². The molecule has 0 bridgehead atoms. The van der Waals surface area contributed by atoms with Gasteiger partial charge in [0.05, 0.1) is 4.90 Å². The molecule has 0 aromatic heterocycles. The number of hydrogen-bond donors (Lipinski definition) is 1. The Morgan fingerprint density at radius 3 is 2.38 bits per heavy atom. The van der Waals surface area contributed by atoms with Crippen LogP contribution in [-0.4, -0.2) is 50.8 Å². The SMILES string of the molecule is Cc1cc(N)cc(S(=O)(=O)N2CC(C)C(N(C)C)C2)c1C. The van der Waals surface area contributed by atoms with Crippen molar-refractivity contribution in [3.63, 3.8) is 0 Å². The molecule has 2 rings (SSSR count). The van der Waals surface area contributed by atoms with Crippen molar-refractivity contribution in [2.24, 2.45) is 5.92 Å². The van der Waals surface area contributed by atoms with Gasteiger partial charge in [0.25, 0.3) is 0 Å². The maximum absolute atomic E-state index is 12.9. The number of anilines is 1. The topological polar surface area (TPSA) is 66.6 Å².